The van der Waals surface area contributed by atoms with E-state index in [2.05, 4.69) is 21.4 Å². The number of hydrogen-bond acceptors (Lipinski definition) is 10. The molecular formula is C17H21N2NaO10S. The fraction of sp³-hybridized carbons (Fsp3) is 0.412. The van der Waals surface area contributed by atoms with Crippen LogP contribution >= 0.6 is 0 Å². The first kappa shape index (κ1) is 27.5. The fourth-order valence-corrected chi connectivity index (χ4v) is 2.95. The largest absolute Gasteiger partial charge is 1.00 e. The van der Waals surface area contributed by atoms with Crippen LogP contribution < -0.4 is 44.9 Å². The van der Waals surface area contributed by atoms with Crippen LogP contribution in [0.15, 0.2) is 36.9 Å². The molecule has 12 nitrogen and oxygen atoms in total. The predicted molar refractivity (Wildman–Crippen MR) is 99.8 cm³/mol. The maximum atomic E-state index is 11.5. The van der Waals surface area contributed by atoms with Crippen molar-refractivity contribution in [3.8, 4) is 5.75 Å². The molecule has 0 radical (unpaired) electrons. The van der Waals surface area contributed by atoms with E-state index < -0.39 is 59.5 Å². The third-order valence-electron chi connectivity index (χ3n) is 4.01. The van der Waals surface area contributed by atoms with Gasteiger partial charge < -0.3 is 34.9 Å². The van der Waals surface area contributed by atoms with Gasteiger partial charge in [-0.05, 0) is 30.3 Å². The molecule has 1 aromatic rings. The van der Waals surface area contributed by atoms with Gasteiger partial charge in [-0.2, -0.15) is 0 Å². The Morgan fingerprint density at radius 2 is 1.87 bits per heavy atom. The molecule has 4 N–H and O–H groups in total. The molecule has 0 aromatic heterocycles. The van der Waals surface area contributed by atoms with Crippen LogP contribution in [0.25, 0.3) is 0 Å². The van der Waals surface area contributed by atoms with Crippen molar-refractivity contribution in [1.82, 2.24) is 5.32 Å². The summed E-state index contributed by atoms with van der Waals surface area (Å²) in [5.74, 6) is -0.771. The van der Waals surface area contributed by atoms with Crippen LogP contribution in [0.3, 0.4) is 0 Å². The van der Waals surface area contributed by atoms with E-state index in [1.165, 1.54) is 31.2 Å². The van der Waals surface area contributed by atoms with Crippen LogP contribution in [0.4, 0.5) is 5.69 Å². The summed E-state index contributed by atoms with van der Waals surface area (Å²) in [6.07, 6.45) is -5.02. The van der Waals surface area contributed by atoms with E-state index in [4.69, 9.17) is 9.47 Å². The molecule has 0 aliphatic carbocycles. The van der Waals surface area contributed by atoms with Gasteiger partial charge in [-0.3, -0.25) is 13.8 Å². The van der Waals surface area contributed by atoms with Gasteiger partial charge in [-0.25, -0.2) is 8.42 Å². The van der Waals surface area contributed by atoms with Crippen molar-refractivity contribution in [3.05, 3.63) is 36.9 Å². The fourth-order valence-electron chi connectivity index (χ4n) is 2.65. The van der Waals surface area contributed by atoms with E-state index in [0.717, 1.165) is 6.08 Å². The average molecular weight is 468 g/mol. The zero-order valence-corrected chi connectivity index (χ0v) is 19.6. The number of amides is 2. The number of carbonyl (C=O) groups excluding carboxylic acids is 2. The molecule has 2 amide bonds. The number of hydrogen-bond donors (Lipinski definition) is 4. The normalized spacial score (nSPS) is 25.6. The van der Waals surface area contributed by atoms with Crippen molar-refractivity contribution in [2.45, 2.75) is 37.6 Å². The molecule has 31 heavy (non-hydrogen) atoms. The van der Waals surface area contributed by atoms with Gasteiger partial charge in [0.1, 0.15) is 30.1 Å². The minimum atomic E-state index is -5.07. The first-order valence-corrected chi connectivity index (χ1v) is 9.92. The Morgan fingerprint density at radius 1 is 1.26 bits per heavy atom. The van der Waals surface area contributed by atoms with Crippen LogP contribution in [-0.2, 0) is 28.9 Å². The Balaban J connectivity index is 0.00000480. The number of aliphatic hydroxyl groups is 2. The average Bonchev–Trinajstić information content (AvgIpc) is 2.67. The summed E-state index contributed by atoms with van der Waals surface area (Å²) in [6.45, 7) is 3.64. The Labute approximate surface area is 200 Å². The number of anilines is 1. The smallest absolute Gasteiger partial charge is 0.726 e. The quantitative estimate of drug-likeness (QED) is 0.126. The molecule has 5 atom stereocenters. The number of nitrogens with one attached hydrogen (secondary N) is 2. The van der Waals surface area contributed by atoms with Crippen LogP contribution in [0, 0.1) is 0 Å². The van der Waals surface area contributed by atoms with E-state index in [-0.39, 0.29) is 35.3 Å². The topological polar surface area (TPSA) is 184 Å². The minimum Gasteiger partial charge on any atom is -0.726 e. The maximum absolute atomic E-state index is 11.5. The molecule has 2 rings (SSSR count). The second kappa shape index (κ2) is 11.9. The van der Waals surface area contributed by atoms with Crippen LogP contribution in [-0.4, -0.2) is 72.2 Å². The summed E-state index contributed by atoms with van der Waals surface area (Å²) >= 11 is 0. The van der Waals surface area contributed by atoms with Gasteiger partial charge in [0.15, 0.2) is 0 Å². The van der Waals surface area contributed by atoms with Gasteiger partial charge in [0, 0.05) is 12.6 Å². The Hall–Kier alpha value is -1.55. The number of ether oxygens (including phenoxy) is 2. The molecule has 1 saturated heterocycles. The Kier molecular flexibility index (Phi) is 10.5. The van der Waals surface area contributed by atoms with Crippen molar-refractivity contribution >= 4 is 27.9 Å². The Bertz CT molecular complexity index is 879. The monoisotopic (exact) mass is 468 g/mol. The van der Waals surface area contributed by atoms with Crippen molar-refractivity contribution in [2.24, 2.45) is 0 Å². The minimum absolute atomic E-state index is 0. The van der Waals surface area contributed by atoms with E-state index in [0.29, 0.717) is 5.69 Å². The molecule has 14 heteroatoms. The zero-order valence-electron chi connectivity index (χ0n) is 16.8. The molecule has 1 fully saturated rings. The van der Waals surface area contributed by atoms with E-state index in [1.807, 2.05) is 0 Å². The number of benzene rings is 1. The second-order valence-corrected chi connectivity index (χ2v) is 7.33. The SMILES string of the molecule is C=CC(=O)Nc1ccc(O[C@@H]2O[C@H](COS(=O)(=O)[O-])[C@@H](O)[C@H](O)[C@H]2NC(C)=O)cc1.[Na+]. The molecular weight excluding hydrogens is 447 g/mol. The molecule has 0 unspecified atom stereocenters. The van der Waals surface area contributed by atoms with Gasteiger partial charge in [0.2, 0.25) is 28.5 Å². The number of aliphatic hydroxyl groups excluding tert-OH is 2. The first-order chi connectivity index (χ1) is 14.0. The van der Waals surface area contributed by atoms with E-state index in [1.54, 1.807) is 0 Å². The molecule has 166 valence electrons. The molecule has 1 aromatic carbocycles. The summed E-state index contributed by atoms with van der Waals surface area (Å²) in [6, 6.07) is 4.69. The van der Waals surface area contributed by atoms with E-state index >= 15 is 0 Å². The van der Waals surface area contributed by atoms with Crippen LogP contribution in [0.1, 0.15) is 6.92 Å². The molecule has 1 aliphatic heterocycles. The first-order valence-electron chi connectivity index (χ1n) is 8.59. The molecule has 0 saturated carbocycles. The van der Waals surface area contributed by atoms with Gasteiger partial charge in [-0.1, -0.05) is 6.58 Å². The summed E-state index contributed by atoms with van der Waals surface area (Å²) in [7, 11) is -5.07. The van der Waals surface area contributed by atoms with Gasteiger partial charge >= 0.3 is 29.6 Å². The molecule has 1 aliphatic rings. The van der Waals surface area contributed by atoms with Gasteiger partial charge in [0.25, 0.3) is 0 Å². The third-order valence-corrected chi connectivity index (χ3v) is 4.43. The summed E-state index contributed by atoms with van der Waals surface area (Å²) in [5.41, 5.74) is 0.442. The van der Waals surface area contributed by atoms with Crippen molar-refractivity contribution < 1.29 is 76.0 Å². The van der Waals surface area contributed by atoms with Crippen molar-refractivity contribution in [3.63, 3.8) is 0 Å². The van der Waals surface area contributed by atoms with E-state index in [9.17, 15) is 32.8 Å². The number of rotatable bonds is 8. The summed E-state index contributed by atoms with van der Waals surface area (Å²) < 4.78 is 47.2. The molecule has 0 spiro atoms. The third kappa shape index (κ3) is 8.48. The van der Waals surface area contributed by atoms with Crippen LogP contribution in [0.5, 0.6) is 5.75 Å². The predicted octanol–water partition coefficient (Wildman–Crippen LogP) is -4.38. The Morgan fingerprint density at radius 3 is 2.39 bits per heavy atom. The summed E-state index contributed by atoms with van der Waals surface area (Å²) in [5, 5.41) is 25.4. The molecule has 0 bridgehead atoms. The summed E-state index contributed by atoms with van der Waals surface area (Å²) in [4.78, 5) is 22.8. The maximum Gasteiger partial charge on any atom is 1.00 e. The zero-order chi connectivity index (χ0) is 22.5. The second-order valence-electron chi connectivity index (χ2n) is 6.28. The van der Waals surface area contributed by atoms with Crippen molar-refractivity contribution in [1.29, 1.82) is 0 Å². The van der Waals surface area contributed by atoms with Gasteiger partial charge in [-0.15, -0.1) is 0 Å². The van der Waals surface area contributed by atoms with Crippen molar-refractivity contribution in [2.75, 3.05) is 11.9 Å². The van der Waals surface area contributed by atoms with Crippen LogP contribution in [0.2, 0.25) is 0 Å². The van der Waals surface area contributed by atoms with Gasteiger partial charge in [0.05, 0.1) is 6.61 Å². The number of carbonyl (C=O) groups is 2. The standard InChI is InChI=1S/C17H22N2O10S.Na/c1-3-13(21)19-10-4-6-11(7-5-10)28-17-14(18-9(2)20)16(23)15(22)12(29-17)8-27-30(24,25)26;/h3-7,12,14-17,22-23H,1,8H2,2H3,(H,18,20)(H,19,21)(H,24,25,26);/q;+1/p-1/t12-,14-,15-,16-,17-;/m1./s1. The molecule has 1 heterocycles.